The van der Waals surface area contributed by atoms with E-state index in [4.69, 9.17) is 4.11 Å². The zero-order valence-electron chi connectivity index (χ0n) is 8.43. The fourth-order valence-corrected chi connectivity index (χ4v) is 0.957. The minimum Gasteiger partial charge on any atom is -0.354 e. The largest absolute Gasteiger partial charge is 0.354 e. The average Bonchev–Trinajstić information content (AvgIpc) is 1.78. The molecule has 10 heavy (non-hydrogen) atoms. The molecule has 1 aromatic rings. The number of thiol groups is 1. The molecule has 0 spiro atoms. The van der Waals surface area contributed by atoms with Gasteiger partial charge in [-0.05, 0) is 13.8 Å². The predicted molar refractivity (Wildman–Crippen MR) is 43.8 cm³/mol. The molecule has 3 heteroatoms. The van der Waals surface area contributed by atoms with Crippen LogP contribution in [0.15, 0.2) is 15.9 Å². The van der Waals surface area contributed by atoms with E-state index in [1.165, 1.54) is 0 Å². The summed E-state index contributed by atoms with van der Waals surface area (Å²) in [5.41, 5.74) is -0.316. The van der Waals surface area contributed by atoms with E-state index in [0.717, 1.165) is 6.07 Å². The second kappa shape index (κ2) is 2.50. The van der Waals surface area contributed by atoms with Crippen molar-refractivity contribution in [3.63, 3.8) is 0 Å². The van der Waals surface area contributed by atoms with E-state index in [2.05, 4.69) is 17.6 Å². The maximum atomic E-state index is 11.3. The first-order valence-corrected chi connectivity index (χ1v) is 3.20. The molecule has 0 aliphatic carbocycles. The van der Waals surface area contributed by atoms with Gasteiger partial charge in [0.2, 0.25) is 0 Å². The van der Waals surface area contributed by atoms with Crippen molar-refractivity contribution >= 4 is 12.6 Å². The van der Waals surface area contributed by atoms with Gasteiger partial charge in [-0.25, -0.2) is 0 Å². The number of rotatable bonds is 0. The van der Waals surface area contributed by atoms with E-state index in [1.54, 1.807) is 6.92 Å². The smallest absolute Gasteiger partial charge is 0.185 e. The molecule has 0 aliphatic heterocycles. The second-order valence-corrected chi connectivity index (χ2v) is 2.50. The summed E-state index contributed by atoms with van der Waals surface area (Å²) in [5.74, 6) is 0. The highest BCUT2D eigenvalue weighted by Gasteiger charge is 1.97. The van der Waals surface area contributed by atoms with Crippen LogP contribution in [0.25, 0.3) is 0 Å². The van der Waals surface area contributed by atoms with Crippen molar-refractivity contribution in [3.8, 4) is 0 Å². The average molecular weight is 158 g/mol. The molecule has 1 aromatic heterocycles. The van der Waals surface area contributed by atoms with Crippen molar-refractivity contribution in [1.82, 2.24) is 4.98 Å². The van der Waals surface area contributed by atoms with Crippen molar-refractivity contribution in [2.24, 2.45) is 0 Å². The second-order valence-electron chi connectivity index (χ2n) is 2.02. The van der Waals surface area contributed by atoms with E-state index in [1.807, 2.05) is 0 Å². The first kappa shape index (κ1) is 4.23. The number of hydrogen-bond acceptors (Lipinski definition) is 2. The fourth-order valence-electron chi connectivity index (χ4n) is 0.672. The van der Waals surface area contributed by atoms with Crippen molar-refractivity contribution in [2.45, 2.75) is 18.8 Å². The molecule has 0 fully saturated rings. The number of aryl methyl sites for hydroxylation is 1. The lowest BCUT2D eigenvalue weighted by molar-refractivity contribution is 1.02. The van der Waals surface area contributed by atoms with Crippen LogP contribution in [0.3, 0.4) is 0 Å². The van der Waals surface area contributed by atoms with Crippen LogP contribution in [0.5, 0.6) is 0 Å². The Morgan fingerprint density at radius 1 is 1.80 bits per heavy atom. The summed E-state index contributed by atoms with van der Waals surface area (Å²) < 4.78 is 21.3. The van der Waals surface area contributed by atoms with Crippen LogP contribution in [0.2, 0.25) is 0 Å². The normalized spacial score (nSPS) is 15.6. The highest BCUT2D eigenvalue weighted by molar-refractivity contribution is 7.80. The Balaban J connectivity index is 3.47. The highest BCUT2D eigenvalue weighted by Crippen LogP contribution is 2.01. The number of hydrogen-bond donors (Lipinski definition) is 2. The molecule has 0 radical (unpaired) electrons. The molecule has 2 nitrogen and oxygen atoms in total. The fraction of sp³-hybridized carbons (Fsp3) is 0.286. The minimum atomic E-state index is -2.36. The molecule has 54 valence electrons. The van der Waals surface area contributed by atoms with Crippen LogP contribution in [-0.4, -0.2) is 4.98 Å². The van der Waals surface area contributed by atoms with Gasteiger partial charge in [-0.1, -0.05) is 0 Å². The van der Waals surface area contributed by atoms with Gasteiger partial charge in [-0.3, -0.25) is 4.79 Å². The van der Waals surface area contributed by atoms with Gasteiger partial charge in [0.05, 0.1) is 5.03 Å². The van der Waals surface area contributed by atoms with Gasteiger partial charge < -0.3 is 4.98 Å². The Kier molecular flexibility index (Phi) is 1.06. The standard InChI is InChI=1S/C7H9NOS/c1-4-5(2)8-7(10)3-6(4)9/h3H,1-2H3,(H2,8,9,10)/i1D3. The summed E-state index contributed by atoms with van der Waals surface area (Å²) in [6, 6.07) is 1.16. The molecule has 1 N–H and O–H groups in total. The highest BCUT2D eigenvalue weighted by atomic mass is 32.1. The van der Waals surface area contributed by atoms with Crippen molar-refractivity contribution < 1.29 is 4.11 Å². The Hall–Kier alpha value is -0.700. The zero-order chi connectivity index (χ0) is 10.2. The lowest BCUT2D eigenvalue weighted by Crippen LogP contribution is -2.07. The number of nitrogens with one attached hydrogen (secondary N) is 1. The van der Waals surface area contributed by atoms with Gasteiger partial charge in [-0.15, -0.1) is 12.6 Å². The predicted octanol–water partition coefficient (Wildman–Crippen LogP) is 1.28. The molecule has 0 amide bonds. The first-order chi connectivity index (χ1) is 5.82. The molecule has 0 atom stereocenters. The molecule has 1 rings (SSSR count). The quantitative estimate of drug-likeness (QED) is 0.548. The monoisotopic (exact) mass is 158 g/mol. The number of aromatic nitrogens is 1. The van der Waals surface area contributed by atoms with Crippen LogP contribution in [0.1, 0.15) is 15.4 Å². The molecule has 0 saturated heterocycles. The third-order valence-electron chi connectivity index (χ3n) is 1.20. The summed E-state index contributed by atoms with van der Waals surface area (Å²) in [4.78, 5) is 14.0. The Labute approximate surface area is 68.9 Å². The molecule has 0 aromatic carbocycles. The Morgan fingerprint density at radius 2 is 2.50 bits per heavy atom. The maximum Gasteiger partial charge on any atom is 0.185 e. The summed E-state index contributed by atoms with van der Waals surface area (Å²) in [7, 11) is 0. The third kappa shape index (κ3) is 1.24. The van der Waals surface area contributed by atoms with Crippen LogP contribution in [0, 0.1) is 13.8 Å². The Bertz CT molecular complexity index is 382. The van der Waals surface area contributed by atoms with E-state index >= 15 is 0 Å². The molecular formula is C7H9NOS. The summed E-state index contributed by atoms with van der Waals surface area (Å²) in [6.07, 6.45) is 0. The van der Waals surface area contributed by atoms with Crippen LogP contribution < -0.4 is 5.43 Å². The molecular weight excluding hydrogens is 146 g/mol. The molecule has 0 aliphatic rings. The Morgan fingerprint density at radius 3 is 3.00 bits per heavy atom. The van der Waals surface area contributed by atoms with Crippen molar-refractivity contribution in [2.75, 3.05) is 0 Å². The van der Waals surface area contributed by atoms with Gasteiger partial charge in [0, 0.05) is 21.4 Å². The van der Waals surface area contributed by atoms with Crippen LogP contribution >= 0.6 is 12.6 Å². The topological polar surface area (TPSA) is 32.9 Å². The van der Waals surface area contributed by atoms with Gasteiger partial charge >= 0.3 is 0 Å². The van der Waals surface area contributed by atoms with Crippen molar-refractivity contribution in [3.05, 3.63) is 27.5 Å². The van der Waals surface area contributed by atoms with Gasteiger partial charge in [0.15, 0.2) is 5.43 Å². The molecule has 0 saturated carbocycles. The molecule has 0 unspecified atom stereocenters. The zero-order valence-corrected chi connectivity index (χ0v) is 6.33. The lowest BCUT2D eigenvalue weighted by Gasteiger charge is -1.98. The minimum absolute atomic E-state index is 0.162. The van der Waals surface area contributed by atoms with Crippen LogP contribution in [-0.2, 0) is 0 Å². The van der Waals surface area contributed by atoms with E-state index < -0.39 is 12.3 Å². The van der Waals surface area contributed by atoms with E-state index in [0.29, 0.717) is 10.7 Å². The van der Waals surface area contributed by atoms with E-state index in [-0.39, 0.29) is 5.56 Å². The summed E-state index contributed by atoms with van der Waals surface area (Å²) in [6.45, 7) is -0.817. The van der Waals surface area contributed by atoms with Crippen LogP contribution in [0.4, 0.5) is 0 Å². The maximum absolute atomic E-state index is 11.3. The number of pyridine rings is 1. The number of H-pyrrole nitrogens is 1. The summed E-state index contributed by atoms with van der Waals surface area (Å²) in [5, 5.41) is 0.371. The number of aromatic amines is 1. The van der Waals surface area contributed by atoms with E-state index in [9.17, 15) is 4.79 Å². The molecule has 0 bridgehead atoms. The first-order valence-electron chi connectivity index (χ1n) is 4.26. The summed E-state index contributed by atoms with van der Waals surface area (Å²) >= 11 is 3.93. The van der Waals surface area contributed by atoms with Gasteiger partial charge in [0.25, 0.3) is 0 Å². The van der Waals surface area contributed by atoms with Gasteiger partial charge in [0.1, 0.15) is 0 Å². The van der Waals surface area contributed by atoms with Gasteiger partial charge in [-0.2, -0.15) is 0 Å². The third-order valence-corrected chi connectivity index (χ3v) is 1.45. The molecule has 1 heterocycles. The lowest BCUT2D eigenvalue weighted by atomic mass is 10.2. The van der Waals surface area contributed by atoms with Crippen molar-refractivity contribution in [1.29, 1.82) is 0 Å². The SMILES string of the molecule is [2H]C([2H])([2H])c1c(C)[nH]c(S)cc1=O.